The van der Waals surface area contributed by atoms with Crippen LogP contribution < -0.4 is 4.74 Å². The van der Waals surface area contributed by atoms with Crippen LogP contribution in [0, 0.1) is 0 Å². The zero-order valence-electron chi connectivity index (χ0n) is 14.4. The van der Waals surface area contributed by atoms with Crippen molar-refractivity contribution in [2.24, 2.45) is 0 Å². The third-order valence-corrected chi connectivity index (χ3v) is 4.52. The van der Waals surface area contributed by atoms with Crippen LogP contribution in [0.2, 0.25) is 5.02 Å². The molecule has 3 rings (SSSR count). The fourth-order valence-corrected chi connectivity index (χ4v) is 3.17. The Morgan fingerprint density at radius 2 is 2.11 bits per heavy atom. The van der Waals surface area contributed by atoms with Crippen molar-refractivity contribution >= 4 is 23.6 Å². The Morgan fingerprint density at radius 3 is 2.70 bits per heavy atom. The molecule has 5 nitrogen and oxygen atoms in total. The second kappa shape index (κ2) is 6.92. The van der Waals surface area contributed by atoms with Crippen LogP contribution in [0.25, 0.3) is 6.08 Å². The van der Waals surface area contributed by atoms with Crippen LogP contribution in [0.5, 0.6) is 5.75 Å². The predicted molar refractivity (Wildman–Crippen MR) is 93.0 cm³/mol. The molecule has 1 aromatic heterocycles. The molecule has 1 N–H and O–H groups in total. The second-order valence-corrected chi connectivity index (χ2v) is 6.90. The number of halogens is 4. The summed E-state index contributed by atoms with van der Waals surface area (Å²) in [4.78, 5) is 15.5. The maximum atomic E-state index is 13.2. The van der Waals surface area contributed by atoms with E-state index in [4.69, 9.17) is 21.4 Å². The highest BCUT2D eigenvalue weighted by Crippen LogP contribution is 2.39. The molecule has 1 atom stereocenters. The first kappa shape index (κ1) is 19.3. The van der Waals surface area contributed by atoms with E-state index in [2.05, 4.69) is 4.98 Å². The molecule has 144 valence electrons. The number of carboxylic acid groups (broad SMARTS) is 1. The Hall–Kier alpha value is -2.48. The maximum Gasteiger partial charge on any atom is 0.430 e. The van der Waals surface area contributed by atoms with Gasteiger partial charge in [-0.1, -0.05) is 25.4 Å². The third-order valence-electron chi connectivity index (χ3n) is 4.17. The number of carboxylic acids is 1. The van der Waals surface area contributed by atoms with Crippen molar-refractivity contribution in [3.05, 3.63) is 52.1 Å². The molecule has 0 amide bonds. The normalized spacial score (nSPS) is 16.7. The summed E-state index contributed by atoms with van der Waals surface area (Å²) in [6, 6.07) is 2.82. The standard InChI is InChI=1S/C18H16ClF3N2O3/c1-9(2)16-23-3-4-24(16)8-11-7-14-10(6-13(11)19)5-12(17(25)26)15(27-14)18(20,21)22/h3-7,9,15H,8H2,1-2H3,(H,25,26). The highest BCUT2D eigenvalue weighted by Gasteiger charge is 2.48. The van der Waals surface area contributed by atoms with Gasteiger partial charge in [-0.25, -0.2) is 9.78 Å². The van der Waals surface area contributed by atoms with Gasteiger partial charge in [0.2, 0.25) is 6.10 Å². The highest BCUT2D eigenvalue weighted by molar-refractivity contribution is 6.31. The molecular weight excluding hydrogens is 385 g/mol. The molecule has 0 bridgehead atoms. The molecule has 1 aliphatic heterocycles. The van der Waals surface area contributed by atoms with E-state index in [1.54, 1.807) is 12.4 Å². The van der Waals surface area contributed by atoms with Crippen LogP contribution in [-0.2, 0) is 11.3 Å². The number of carbonyl (C=O) groups is 1. The Bertz CT molecular complexity index is 919. The number of aromatic nitrogens is 2. The van der Waals surface area contributed by atoms with Gasteiger partial charge in [0.25, 0.3) is 0 Å². The van der Waals surface area contributed by atoms with Crippen molar-refractivity contribution in [2.45, 2.75) is 38.6 Å². The minimum absolute atomic E-state index is 0.0621. The number of aliphatic carboxylic acids is 1. The molecule has 0 saturated carbocycles. The predicted octanol–water partition coefficient (Wildman–Crippen LogP) is 4.50. The molecule has 0 fully saturated rings. The van der Waals surface area contributed by atoms with E-state index < -0.39 is 23.8 Å². The van der Waals surface area contributed by atoms with E-state index in [1.165, 1.54) is 12.1 Å². The van der Waals surface area contributed by atoms with Gasteiger partial charge in [-0.2, -0.15) is 13.2 Å². The summed E-state index contributed by atoms with van der Waals surface area (Å²) in [5.74, 6) is -0.787. The summed E-state index contributed by atoms with van der Waals surface area (Å²) in [5.41, 5.74) is -0.143. The molecule has 0 aliphatic carbocycles. The minimum Gasteiger partial charge on any atom is -0.478 e. The second-order valence-electron chi connectivity index (χ2n) is 6.49. The molecule has 2 aromatic rings. The molecule has 1 unspecified atom stereocenters. The summed E-state index contributed by atoms with van der Waals surface area (Å²) in [6.07, 6.45) is -3.04. The Balaban J connectivity index is 2.01. The quantitative estimate of drug-likeness (QED) is 0.820. The number of nitrogens with zero attached hydrogens (tertiary/aromatic N) is 2. The molecule has 0 spiro atoms. The van der Waals surface area contributed by atoms with E-state index in [0.717, 1.165) is 11.9 Å². The van der Waals surface area contributed by atoms with Gasteiger partial charge in [-0.15, -0.1) is 0 Å². The van der Waals surface area contributed by atoms with Crippen molar-refractivity contribution in [1.29, 1.82) is 0 Å². The number of alkyl halides is 3. The van der Waals surface area contributed by atoms with E-state index in [0.29, 0.717) is 17.1 Å². The van der Waals surface area contributed by atoms with Gasteiger partial charge in [-0.3, -0.25) is 0 Å². The Morgan fingerprint density at radius 1 is 1.41 bits per heavy atom. The van der Waals surface area contributed by atoms with Gasteiger partial charge in [0.05, 0.1) is 12.1 Å². The van der Waals surface area contributed by atoms with Crippen LogP contribution in [0.1, 0.15) is 36.7 Å². The largest absolute Gasteiger partial charge is 0.478 e. The number of fused-ring (bicyclic) bond motifs is 1. The topological polar surface area (TPSA) is 64.4 Å². The van der Waals surface area contributed by atoms with Crippen LogP contribution in [0.4, 0.5) is 13.2 Å². The van der Waals surface area contributed by atoms with Gasteiger partial charge in [0.1, 0.15) is 11.6 Å². The van der Waals surface area contributed by atoms with Crippen LogP contribution >= 0.6 is 11.6 Å². The summed E-state index contributed by atoms with van der Waals surface area (Å²) in [5, 5.41) is 9.38. The summed E-state index contributed by atoms with van der Waals surface area (Å²) in [6.45, 7) is 4.25. The number of ether oxygens (including phenoxy) is 1. The average molecular weight is 401 g/mol. The first-order valence-corrected chi connectivity index (χ1v) is 8.47. The lowest BCUT2D eigenvalue weighted by molar-refractivity contribution is -0.187. The smallest absolute Gasteiger partial charge is 0.430 e. The maximum absolute atomic E-state index is 13.2. The number of imidazole rings is 1. The van der Waals surface area contributed by atoms with E-state index in [-0.39, 0.29) is 17.2 Å². The van der Waals surface area contributed by atoms with Gasteiger partial charge in [0.15, 0.2) is 0 Å². The lowest BCUT2D eigenvalue weighted by Crippen LogP contribution is -2.40. The number of hydrogen-bond acceptors (Lipinski definition) is 3. The van der Waals surface area contributed by atoms with Crippen molar-refractivity contribution < 1.29 is 27.8 Å². The Labute approximate surface area is 158 Å². The van der Waals surface area contributed by atoms with Gasteiger partial charge < -0.3 is 14.4 Å². The summed E-state index contributed by atoms with van der Waals surface area (Å²) in [7, 11) is 0. The molecule has 2 heterocycles. The molecular formula is C18H16ClF3N2O3. The molecule has 27 heavy (non-hydrogen) atoms. The number of benzene rings is 1. The molecule has 9 heteroatoms. The van der Waals surface area contributed by atoms with Crippen molar-refractivity contribution in [2.75, 3.05) is 0 Å². The lowest BCUT2D eigenvalue weighted by Gasteiger charge is -2.27. The van der Waals surface area contributed by atoms with E-state index >= 15 is 0 Å². The Kier molecular flexibility index (Phi) is 4.94. The average Bonchev–Trinajstić information content (AvgIpc) is 3.02. The van der Waals surface area contributed by atoms with E-state index in [9.17, 15) is 18.0 Å². The fourth-order valence-electron chi connectivity index (χ4n) is 2.94. The minimum atomic E-state index is -4.85. The first-order valence-electron chi connectivity index (χ1n) is 8.09. The highest BCUT2D eigenvalue weighted by atomic mass is 35.5. The first-order chi connectivity index (χ1) is 12.6. The fraction of sp³-hybridized carbons (Fsp3) is 0.333. The van der Waals surface area contributed by atoms with Crippen molar-refractivity contribution in [1.82, 2.24) is 9.55 Å². The van der Waals surface area contributed by atoms with Gasteiger partial charge >= 0.3 is 12.1 Å². The lowest BCUT2D eigenvalue weighted by atomic mass is 9.99. The number of rotatable bonds is 4. The van der Waals surface area contributed by atoms with Gasteiger partial charge in [-0.05, 0) is 23.8 Å². The van der Waals surface area contributed by atoms with Crippen LogP contribution in [0.15, 0.2) is 30.1 Å². The van der Waals surface area contributed by atoms with E-state index in [1.807, 2.05) is 18.4 Å². The number of hydrogen-bond donors (Lipinski definition) is 1. The van der Waals surface area contributed by atoms with Crippen molar-refractivity contribution in [3.8, 4) is 5.75 Å². The monoisotopic (exact) mass is 400 g/mol. The van der Waals surface area contributed by atoms with Crippen LogP contribution in [-0.4, -0.2) is 32.9 Å². The SMILES string of the molecule is CC(C)c1nccn1Cc1cc2c(cc1Cl)C=C(C(=O)O)C(C(F)(F)F)O2. The molecule has 0 radical (unpaired) electrons. The summed E-state index contributed by atoms with van der Waals surface area (Å²) < 4.78 is 46.5. The van der Waals surface area contributed by atoms with Crippen molar-refractivity contribution in [3.63, 3.8) is 0 Å². The molecule has 1 aromatic carbocycles. The molecule has 1 aliphatic rings. The zero-order chi connectivity index (χ0) is 19.9. The van der Waals surface area contributed by atoms with Crippen LogP contribution in [0.3, 0.4) is 0 Å². The molecule has 0 saturated heterocycles. The zero-order valence-corrected chi connectivity index (χ0v) is 15.2. The third kappa shape index (κ3) is 3.80. The summed E-state index contributed by atoms with van der Waals surface area (Å²) >= 11 is 6.28. The van der Waals surface area contributed by atoms with Gasteiger partial charge in [0, 0.05) is 28.9 Å².